The highest BCUT2D eigenvalue weighted by atomic mass is 15.2. The molecule has 0 aliphatic rings. The molecule has 0 heterocycles. The molecule has 274 valence electrons. The topological polar surface area (TPSA) is 6.48 Å². The minimum atomic E-state index is 1.07. The van der Waals surface area contributed by atoms with E-state index in [1.807, 2.05) is 0 Å². The van der Waals surface area contributed by atoms with Crippen molar-refractivity contribution in [1.29, 1.82) is 0 Å². The molecule has 0 radical (unpaired) electrons. The molecular formula is C56H40N2. The molecule has 0 spiro atoms. The van der Waals surface area contributed by atoms with Gasteiger partial charge < -0.3 is 9.80 Å². The Morgan fingerprint density at radius 3 is 1.24 bits per heavy atom. The Hall–Kier alpha value is -7.68. The first-order chi connectivity index (χ1) is 28.7. The molecule has 0 unspecified atom stereocenters. The average Bonchev–Trinajstić information content (AvgIpc) is 3.31. The van der Waals surface area contributed by atoms with Crippen LogP contribution in [-0.4, -0.2) is 0 Å². The Kier molecular flexibility index (Phi) is 9.27. The molecule has 10 rings (SSSR count). The lowest BCUT2D eigenvalue weighted by atomic mass is 9.97. The SMILES string of the molecule is c1ccc(-c2ccc(N(c3ccc(N(c4ccc5ccccc5c4)c4cccc5ccccc45)cc3)c3cc(-c4ccccc4)cc(-c4ccccc4)c3)cc2)cc1. The molecule has 10 aromatic rings. The summed E-state index contributed by atoms with van der Waals surface area (Å²) < 4.78 is 0. The number of nitrogens with zero attached hydrogens (tertiary/aromatic N) is 2. The Morgan fingerprint density at radius 1 is 0.207 bits per heavy atom. The maximum Gasteiger partial charge on any atom is 0.0540 e. The van der Waals surface area contributed by atoms with Crippen molar-refractivity contribution in [2.45, 2.75) is 0 Å². The highest BCUT2D eigenvalue weighted by Crippen LogP contribution is 2.44. The van der Waals surface area contributed by atoms with Crippen LogP contribution in [0.2, 0.25) is 0 Å². The fraction of sp³-hybridized carbons (Fsp3) is 0. The maximum atomic E-state index is 2.39. The van der Waals surface area contributed by atoms with Gasteiger partial charge >= 0.3 is 0 Å². The largest absolute Gasteiger partial charge is 0.310 e. The lowest BCUT2D eigenvalue weighted by Gasteiger charge is -2.30. The van der Waals surface area contributed by atoms with E-state index in [0.29, 0.717) is 0 Å². The summed E-state index contributed by atoms with van der Waals surface area (Å²) in [5, 5.41) is 4.84. The van der Waals surface area contributed by atoms with Gasteiger partial charge in [0.25, 0.3) is 0 Å². The molecular weight excluding hydrogens is 701 g/mol. The summed E-state index contributed by atoms with van der Waals surface area (Å²) in [5.74, 6) is 0. The predicted octanol–water partition coefficient (Wildman–Crippen LogP) is 15.9. The third-order valence-electron chi connectivity index (χ3n) is 11.0. The molecule has 2 nitrogen and oxygen atoms in total. The minimum absolute atomic E-state index is 1.07. The number of hydrogen-bond donors (Lipinski definition) is 0. The van der Waals surface area contributed by atoms with Gasteiger partial charge in [0.05, 0.1) is 5.69 Å². The third kappa shape index (κ3) is 6.89. The maximum absolute atomic E-state index is 2.39. The lowest BCUT2D eigenvalue weighted by molar-refractivity contribution is 1.26. The van der Waals surface area contributed by atoms with Crippen LogP contribution in [0.5, 0.6) is 0 Å². The smallest absolute Gasteiger partial charge is 0.0540 e. The number of rotatable bonds is 9. The van der Waals surface area contributed by atoms with E-state index in [-0.39, 0.29) is 0 Å². The Morgan fingerprint density at radius 2 is 0.638 bits per heavy atom. The second kappa shape index (κ2) is 15.5. The lowest BCUT2D eigenvalue weighted by Crippen LogP contribution is -2.12. The van der Waals surface area contributed by atoms with Crippen molar-refractivity contribution in [1.82, 2.24) is 0 Å². The zero-order chi connectivity index (χ0) is 38.7. The second-order valence-electron chi connectivity index (χ2n) is 14.6. The molecule has 0 amide bonds. The van der Waals surface area contributed by atoms with Gasteiger partial charge in [-0.25, -0.2) is 0 Å². The van der Waals surface area contributed by atoms with Gasteiger partial charge in [-0.15, -0.1) is 0 Å². The van der Waals surface area contributed by atoms with Gasteiger partial charge in [0.1, 0.15) is 0 Å². The van der Waals surface area contributed by atoms with E-state index in [0.717, 1.165) is 45.3 Å². The van der Waals surface area contributed by atoms with Gasteiger partial charge in [0.15, 0.2) is 0 Å². The van der Waals surface area contributed by atoms with Crippen LogP contribution in [0.15, 0.2) is 243 Å². The monoisotopic (exact) mass is 740 g/mol. The van der Waals surface area contributed by atoms with Crippen LogP contribution >= 0.6 is 0 Å². The quantitative estimate of drug-likeness (QED) is 0.145. The van der Waals surface area contributed by atoms with E-state index in [2.05, 4.69) is 252 Å². The highest BCUT2D eigenvalue weighted by molar-refractivity contribution is 6.00. The zero-order valence-corrected chi connectivity index (χ0v) is 32.0. The van der Waals surface area contributed by atoms with Crippen molar-refractivity contribution in [2.24, 2.45) is 0 Å². The summed E-state index contributed by atoms with van der Waals surface area (Å²) in [6.07, 6.45) is 0. The van der Waals surface area contributed by atoms with Crippen molar-refractivity contribution in [3.05, 3.63) is 243 Å². The van der Waals surface area contributed by atoms with E-state index in [4.69, 9.17) is 0 Å². The van der Waals surface area contributed by atoms with Crippen LogP contribution in [0.3, 0.4) is 0 Å². The van der Waals surface area contributed by atoms with E-state index < -0.39 is 0 Å². The third-order valence-corrected chi connectivity index (χ3v) is 11.0. The van der Waals surface area contributed by atoms with Crippen molar-refractivity contribution in [3.8, 4) is 33.4 Å². The normalized spacial score (nSPS) is 11.1. The second-order valence-corrected chi connectivity index (χ2v) is 14.6. The molecule has 0 N–H and O–H groups in total. The van der Waals surface area contributed by atoms with E-state index in [9.17, 15) is 0 Å². The van der Waals surface area contributed by atoms with Gasteiger partial charge in [0.2, 0.25) is 0 Å². The summed E-state index contributed by atoms with van der Waals surface area (Å²) in [4.78, 5) is 4.77. The molecule has 0 atom stereocenters. The number of fused-ring (bicyclic) bond motifs is 2. The summed E-state index contributed by atoms with van der Waals surface area (Å²) >= 11 is 0. The van der Waals surface area contributed by atoms with Gasteiger partial charge in [-0.1, -0.05) is 170 Å². The number of hydrogen-bond acceptors (Lipinski definition) is 2. The van der Waals surface area contributed by atoms with Gasteiger partial charge in [-0.3, -0.25) is 0 Å². The zero-order valence-electron chi connectivity index (χ0n) is 32.0. The van der Waals surface area contributed by atoms with Crippen LogP contribution in [0.25, 0.3) is 54.9 Å². The first-order valence-electron chi connectivity index (χ1n) is 19.8. The number of benzene rings is 10. The standard InChI is InChI=1S/C56H40N2/c1-4-15-41(16-5-1)45-27-30-50(31-28-45)57(54-39-48(42-17-6-2-7-18-42)37-49(40-54)43-19-8-3-9-20-43)51-33-35-52(36-34-51)58(53-32-29-44-21-10-11-23-47(44)38-53)56-26-14-24-46-22-12-13-25-55(46)56/h1-40H. The predicted molar refractivity (Wildman–Crippen MR) is 247 cm³/mol. The van der Waals surface area contributed by atoms with Crippen LogP contribution in [-0.2, 0) is 0 Å². The summed E-state index contributed by atoms with van der Waals surface area (Å²) in [6.45, 7) is 0. The summed E-state index contributed by atoms with van der Waals surface area (Å²) in [6, 6.07) is 87.4. The van der Waals surface area contributed by atoms with E-state index in [1.165, 1.54) is 43.8 Å². The van der Waals surface area contributed by atoms with Gasteiger partial charge in [-0.05, 0) is 122 Å². The van der Waals surface area contributed by atoms with Gasteiger partial charge in [0, 0.05) is 33.8 Å². The fourth-order valence-corrected chi connectivity index (χ4v) is 8.11. The molecule has 2 heteroatoms. The molecule has 0 bridgehead atoms. The first-order valence-corrected chi connectivity index (χ1v) is 19.8. The van der Waals surface area contributed by atoms with E-state index >= 15 is 0 Å². The van der Waals surface area contributed by atoms with Gasteiger partial charge in [-0.2, -0.15) is 0 Å². The van der Waals surface area contributed by atoms with Crippen molar-refractivity contribution in [3.63, 3.8) is 0 Å². The average molecular weight is 741 g/mol. The van der Waals surface area contributed by atoms with Crippen molar-refractivity contribution >= 4 is 55.7 Å². The molecule has 10 aromatic carbocycles. The first kappa shape index (κ1) is 34.8. The minimum Gasteiger partial charge on any atom is -0.310 e. The summed E-state index contributed by atoms with van der Waals surface area (Å²) in [7, 11) is 0. The van der Waals surface area contributed by atoms with Crippen LogP contribution < -0.4 is 9.80 Å². The van der Waals surface area contributed by atoms with Crippen molar-refractivity contribution in [2.75, 3.05) is 9.80 Å². The van der Waals surface area contributed by atoms with Crippen molar-refractivity contribution < 1.29 is 0 Å². The van der Waals surface area contributed by atoms with E-state index in [1.54, 1.807) is 0 Å². The van der Waals surface area contributed by atoms with Crippen LogP contribution in [0.1, 0.15) is 0 Å². The molecule has 0 saturated carbocycles. The fourth-order valence-electron chi connectivity index (χ4n) is 8.11. The molecule has 0 saturated heterocycles. The Balaban J connectivity index is 1.14. The molecule has 0 aliphatic heterocycles. The molecule has 0 aromatic heterocycles. The highest BCUT2D eigenvalue weighted by Gasteiger charge is 2.19. The summed E-state index contributed by atoms with van der Waals surface area (Å²) in [5.41, 5.74) is 13.6. The van der Waals surface area contributed by atoms with Crippen LogP contribution in [0.4, 0.5) is 34.1 Å². The molecule has 0 fully saturated rings. The molecule has 58 heavy (non-hydrogen) atoms. The van der Waals surface area contributed by atoms with Crippen LogP contribution in [0, 0.1) is 0 Å². The number of anilines is 6. The Labute approximate surface area is 340 Å². The molecule has 0 aliphatic carbocycles. The Bertz CT molecular complexity index is 2910.